The molecule has 3 heterocycles. The molecule has 0 saturated carbocycles. The number of nitrogens with zero attached hydrogens (tertiary/aromatic N) is 2. The Balaban J connectivity index is 1.75. The monoisotopic (exact) mass is 391 g/mol. The van der Waals surface area contributed by atoms with Crippen molar-refractivity contribution < 1.29 is 19.4 Å². The third-order valence-electron chi connectivity index (χ3n) is 5.97. The van der Waals surface area contributed by atoms with Gasteiger partial charge in [-0.1, -0.05) is 24.3 Å². The summed E-state index contributed by atoms with van der Waals surface area (Å²) in [5, 5.41) is 11.4. The second-order valence-electron chi connectivity index (χ2n) is 7.61. The van der Waals surface area contributed by atoms with Crippen LogP contribution in [0.1, 0.15) is 22.9 Å². The zero-order valence-electron chi connectivity index (χ0n) is 16.2. The lowest BCUT2D eigenvalue weighted by Crippen LogP contribution is -2.62. The molecule has 0 bridgehead atoms. The van der Waals surface area contributed by atoms with Crippen LogP contribution in [0.5, 0.6) is 11.5 Å². The van der Waals surface area contributed by atoms with Crippen molar-refractivity contribution in [2.75, 3.05) is 20.7 Å². The van der Waals surface area contributed by atoms with E-state index in [0.29, 0.717) is 12.2 Å². The van der Waals surface area contributed by atoms with E-state index in [1.807, 2.05) is 30.3 Å². The zero-order valence-corrected chi connectivity index (χ0v) is 16.2. The largest absolute Gasteiger partial charge is 0.504 e. The number of carbonyl (C=O) groups is 2. The molecule has 1 fully saturated rings. The summed E-state index contributed by atoms with van der Waals surface area (Å²) in [6.45, 7) is 0.0452. The molecule has 0 aliphatic carbocycles. The number of nitrogens with one attached hydrogen (secondary N) is 1. The number of rotatable bonds is 2. The fraction of sp³-hybridized carbons (Fsp3) is 0.273. The summed E-state index contributed by atoms with van der Waals surface area (Å²) in [5.74, 6) is 0.182. The molecule has 2 N–H and O–H groups in total. The lowest BCUT2D eigenvalue weighted by molar-refractivity contribution is -0.157. The number of aromatic hydroxyl groups is 1. The standard InChI is InChI=1S/C22H21N3O4/c1-24-11-19(27)25-16(22(24)28)10-14-13-5-3-4-6-15(13)23-20(14)21(25)12-7-8-18(29-2)17(26)9-12/h3-9,16,21,23,26H,10-11H2,1-2H3/t16-,21+/m1/s1. The van der Waals surface area contributed by atoms with Gasteiger partial charge in [0, 0.05) is 30.1 Å². The number of likely N-dealkylation sites (N-methyl/N-ethyl adjacent to an activating group) is 1. The number of ether oxygens (including phenoxy) is 1. The van der Waals surface area contributed by atoms with E-state index < -0.39 is 12.1 Å². The van der Waals surface area contributed by atoms with Crippen molar-refractivity contribution >= 4 is 22.7 Å². The molecule has 0 radical (unpaired) electrons. The number of phenolic OH excluding ortho intramolecular Hbond substituents is 1. The van der Waals surface area contributed by atoms with Crippen LogP contribution in [0.15, 0.2) is 42.5 Å². The van der Waals surface area contributed by atoms with Crippen LogP contribution in [0.3, 0.4) is 0 Å². The summed E-state index contributed by atoms with van der Waals surface area (Å²) in [6, 6.07) is 12.0. The first-order chi connectivity index (χ1) is 14.0. The second kappa shape index (κ2) is 6.27. The molecule has 2 aromatic carbocycles. The summed E-state index contributed by atoms with van der Waals surface area (Å²) in [6.07, 6.45) is 0.465. The van der Waals surface area contributed by atoms with Crippen LogP contribution in [0.4, 0.5) is 0 Å². The number of aromatic nitrogens is 1. The summed E-state index contributed by atoms with van der Waals surface area (Å²) in [4.78, 5) is 32.6. The fourth-order valence-corrected chi connectivity index (χ4v) is 4.63. The molecule has 2 amide bonds. The highest BCUT2D eigenvalue weighted by molar-refractivity contribution is 5.97. The number of hydrogen-bond donors (Lipinski definition) is 2. The minimum absolute atomic E-state index is 0.00214. The van der Waals surface area contributed by atoms with Crippen molar-refractivity contribution in [2.24, 2.45) is 0 Å². The molecule has 29 heavy (non-hydrogen) atoms. The average molecular weight is 391 g/mol. The van der Waals surface area contributed by atoms with Gasteiger partial charge < -0.3 is 24.6 Å². The van der Waals surface area contributed by atoms with Gasteiger partial charge in [-0.3, -0.25) is 9.59 Å². The smallest absolute Gasteiger partial charge is 0.245 e. The van der Waals surface area contributed by atoms with Crippen molar-refractivity contribution in [1.29, 1.82) is 0 Å². The molecule has 2 aliphatic heterocycles. The minimum Gasteiger partial charge on any atom is -0.504 e. The second-order valence-corrected chi connectivity index (χ2v) is 7.61. The van der Waals surface area contributed by atoms with E-state index in [1.54, 1.807) is 24.1 Å². The quantitative estimate of drug-likeness (QED) is 0.701. The van der Waals surface area contributed by atoms with E-state index in [9.17, 15) is 14.7 Å². The summed E-state index contributed by atoms with van der Waals surface area (Å²) in [5.41, 5.74) is 3.62. The van der Waals surface area contributed by atoms with Gasteiger partial charge in [0.25, 0.3) is 0 Å². The van der Waals surface area contributed by atoms with Gasteiger partial charge in [0.15, 0.2) is 11.5 Å². The van der Waals surface area contributed by atoms with Gasteiger partial charge in [0.05, 0.1) is 19.7 Å². The molecule has 1 saturated heterocycles. The fourth-order valence-electron chi connectivity index (χ4n) is 4.63. The van der Waals surface area contributed by atoms with Gasteiger partial charge in [-0.25, -0.2) is 0 Å². The van der Waals surface area contributed by atoms with Crippen LogP contribution in [-0.4, -0.2) is 58.4 Å². The highest BCUT2D eigenvalue weighted by Crippen LogP contribution is 2.43. The number of piperazine rings is 1. The molecule has 1 aromatic heterocycles. The van der Waals surface area contributed by atoms with Gasteiger partial charge in [-0.2, -0.15) is 0 Å². The van der Waals surface area contributed by atoms with E-state index in [4.69, 9.17) is 4.74 Å². The predicted molar refractivity (Wildman–Crippen MR) is 107 cm³/mol. The van der Waals surface area contributed by atoms with Crippen molar-refractivity contribution in [1.82, 2.24) is 14.8 Å². The van der Waals surface area contributed by atoms with Crippen LogP contribution >= 0.6 is 0 Å². The number of carbonyl (C=O) groups excluding carboxylic acids is 2. The first-order valence-electron chi connectivity index (χ1n) is 9.52. The van der Waals surface area contributed by atoms with Gasteiger partial charge >= 0.3 is 0 Å². The molecular weight excluding hydrogens is 370 g/mol. The normalized spacial score (nSPS) is 21.3. The lowest BCUT2D eigenvalue weighted by Gasteiger charge is -2.46. The number of H-pyrrole nitrogens is 1. The number of aromatic amines is 1. The molecule has 2 aliphatic rings. The van der Waals surface area contributed by atoms with Gasteiger partial charge in [-0.05, 0) is 29.3 Å². The molecule has 0 spiro atoms. The molecule has 5 rings (SSSR count). The third-order valence-corrected chi connectivity index (χ3v) is 5.97. The molecule has 7 nitrogen and oxygen atoms in total. The summed E-state index contributed by atoms with van der Waals surface area (Å²) < 4.78 is 5.16. The number of benzene rings is 2. The van der Waals surface area contributed by atoms with Crippen molar-refractivity contribution in [3.63, 3.8) is 0 Å². The van der Waals surface area contributed by atoms with E-state index in [2.05, 4.69) is 4.98 Å². The predicted octanol–water partition coefficient (Wildman–Crippen LogP) is 2.20. The molecule has 2 atom stereocenters. The highest BCUT2D eigenvalue weighted by atomic mass is 16.5. The maximum atomic E-state index is 13.0. The van der Waals surface area contributed by atoms with Gasteiger partial charge in [0.2, 0.25) is 11.8 Å². The average Bonchev–Trinajstić information content (AvgIpc) is 3.09. The molecule has 0 unspecified atom stereocenters. The number of fused-ring (bicyclic) bond motifs is 4. The van der Waals surface area contributed by atoms with E-state index in [-0.39, 0.29) is 24.1 Å². The van der Waals surface area contributed by atoms with E-state index in [1.165, 1.54) is 12.0 Å². The van der Waals surface area contributed by atoms with E-state index >= 15 is 0 Å². The van der Waals surface area contributed by atoms with Crippen molar-refractivity contribution in [3.05, 3.63) is 59.3 Å². The van der Waals surface area contributed by atoms with Crippen LogP contribution in [0, 0.1) is 0 Å². The number of methoxy groups -OCH3 is 1. The summed E-state index contributed by atoms with van der Waals surface area (Å²) in [7, 11) is 3.15. The first kappa shape index (κ1) is 17.6. The highest BCUT2D eigenvalue weighted by Gasteiger charge is 2.47. The Bertz CT molecular complexity index is 1150. The Hall–Kier alpha value is -3.48. The molecule has 7 heteroatoms. The Morgan fingerprint density at radius 1 is 1.17 bits per heavy atom. The van der Waals surface area contributed by atoms with Gasteiger partial charge in [-0.15, -0.1) is 0 Å². The number of phenols is 1. The maximum absolute atomic E-state index is 13.0. The first-order valence-corrected chi connectivity index (χ1v) is 9.52. The molecule has 3 aromatic rings. The van der Waals surface area contributed by atoms with Crippen LogP contribution in [0.2, 0.25) is 0 Å². The molecular formula is C22H21N3O4. The van der Waals surface area contributed by atoms with Crippen LogP contribution < -0.4 is 4.74 Å². The van der Waals surface area contributed by atoms with Crippen LogP contribution in [-0.2, 0) is 16.0 Å². The van der Waals surface area contributed by atoms with Crippen molar-refractivity contribution in [2.45, 2.75) is 18.5 Å². The van der Waals surface area contributed by atoms with Crippen LogP contribution in [0.25, 0.3) is 10.9 Å². The van der Waals surface area contributed by atoms with Gasteiger partial charge in [0.1, 0.15) is 6.04 Å². The zero-order chi connectivity index (χ0) is 20.3. The third kappa shape index (κ3) is 2.50. The Kier molecular flexibility index (Phi) is 3.81. The lowest BCUT2D eigenvalue weighted by atomic mass is 9.86. The Morgan fingerprint density at radius 2 is 1.97 bits per heavy atom. The number of hydrogen-bond acceptors (Lipinski definition) is 4. The minimum atomic E-state index is -0.567. The molecule has 148 valence electrons. The number of para-hydroxylation sites is 1. The Labute approximate surface area is 167 Å². The Morgan fingerprint density at radius 3 is 2.72 bits per heavy atom. The SMILES string of the molecule is COc1ccc([C@H]2c3[nH]c4ccccc4c3C[C@@H]3C(=O)N(C)CC(=O)N23)cc1O. The topological polar surface area (TPSA) is 85.9 Å². The summed E-state index contributed by atoms with van der Waals surface area (Å²) >= 11 is 0. The van der Waals surface area contributed by atoms with E-state index in [0.717, 1.165) is 27.7 Å². The number of amides is 2. The van der Waals surface area contributed by atoms with Crippen molar-refractivity contribution in [3.8, 4) is 11.5 Å². The maximum Gasteiger partial charge on any atom is 0.245 e.